The quantitative estimate of drug-likeness (QED) is 0.619. The smallest absolute Gasteiger partial charge is 0.293 e. The molecule has 1 N–H and O–H groups in total. The van der Waals surface area contributed by atoms with E-state index in [1.165, 1.54) is 19.3 Å². The van der Waals surface area contributed by atoms with Crippen LogP contribution in [-0.4, -0.2) is 35.1 Å². The summed E-state index contributed by atoms with van der Waals surface area (Å²) in [6, 6.07) is 10.2. The van der Waals surface area contributed by atoms with Crippen LogP contribution in [0.25, 0.3) is 0 Å². The Morgan fingerprint density at radius 3 is 2.39 bits per heavy atom. The number of nitrogens with one attached hydrogen (secondary N) is 1. The van der Waals surface area contributed by atoms with Crippen molar-refractivity contribution >= 4 is 18.9 Å². The first-order chi connectivity index (χ1) is 14.4. The first-order valence-corrected chi connectivity index (χ1v) is 10.7. The Morgan fingerprint density at radius 2 is 1.84 bits per heavy atom. The van der Waals surface area contributed by atoms with E-state index in [1.54, 1.807) is 0 Å². The van der Waals surface area contributed by atoms with Crippen molar-refractivity contribution in [1.82, 2.24) is 15.3 Å². The number of ether oxygens (including phenoxy) is 2. The number of carbonyl (C=O) groups excluding carboxylic acids is 1. The lowest BCUT2D eigenvalue weighted by molar-refractivity contribution is -0.138. The lowest BCUT2D eigenvalue weighted by atomic mass is 9.93. The van der Waals surface area contributed by atoms with E-state index in [0.717, 1.165) is 48.3 Å². The zero-order valence-electron chi connectivity index (χ0n) is 19.1. The molecule has 0 radical (unpaired) electrons. The van der Waals surface area contributed by atoms with E-state index in [-0.39, 0.29) is 18.0 Å². The van der Waals surface area contributed by atoms with Crippen LogP contribution < -0.4 is 10.1 Å². The van der Waals surface area contributed by atoms with E-state index in [0.29, 0.717) is 13.1 Å². The molecule has 2 aromatic rings. The van der Waals surface area contributed by atoms with E-state index in [1.807, 2.05) is 52.1 Å². The van der Waals surface area contributed by atoms with Gasteiger partial charge < -0.3 is 14.8 Å². The van der Waals surface area contributed by atoms with Crippen molar-refractivity contribution < 1.29 is 14.3 Å². The predicted octanol–water partition coefficient (Wildman–Crippen LogP) is 4.68. The summed E-state index contributed by atoms with van der Waals surface area (Å²) in [5, 5.41) is 3.41. The number of hydrogen-bond donors (Lipinski definition) is 1. The Balaban J connectivity index is 0.000000523. The summed E-state index contributed by atoms with van der Waals surface area (Å²) in [4.78, 5) is 18.7. The second kappa shape index (κ2) is 14.0. The highest BCUT2D eigenvalue weighted by Crippen LogP contribution is 2.20. The van der Waals surface area contributed by atoms with Crippen LogP contribution in [0, 0.1) is 12.8 Å². The molecule has 7 heteroatoms. The average Bonchev–Trinajstić information content (AvgIpc) is 2.73. The summed E-state index contributed by atoms with van der Waals surface area (Å²) < 4.78 is 10.4. The molecule has 1 aliphatic rings. The molecule has 1 fully saturated rings. The molecule has 1 aromatic carbocycles. The third kappa shape index (κ3) is 11.1. The SMILES string of the molecule is CC(C)(C)OC=O.Cc1nc(CCC2CCNCC2)ncc1OCc1ccccc1.Cl. The van der Waals surface area contributed by atoms with E-state index in [9.17, 15) is 4.79 Å². The average molecular weight is 450 g/mol. The second-order valence-electron chi connectivity index (χ2n) is 8.57. The van der Waals surface area contributed by atoms with Gasteiger partial charge in [-0.25, -0.2) is 9.97 Å². The Labute approximate surface area is 192 Å². The minimum atomic E-state index is -0.318. The Morgan fingerprint density at radius 1 is 1.16 bits per heavy atom. The molecular weight excluding hydrogens is 414 g/mol. The molecule has 0 bridgehead atoms. The zero-order chi connectivity index (χ0) is 21.8. The highest BCUT2D eigenvalue weighted by atomic mass is 35.5. The summed E-state index contributed by atoms with van der Waals surface area (Å²) in [7, 11) is 0. The lowest BCUT2D eigenvalue weighted by Gasteiger charge is -2.22. The van der Waals surface area contributed by atoms with Gasteiger partial charge in [0, 0.05) is 6.42 Å². The Hall–Kier alpha value is -2.18. The Bertz CT molecular complexity index is 760. The van der Waals surface area contributed by atoms with Crippen LogP contribution in [0.3, 0.4) is 0 Å². The van der Waals surface area contributed by atoms with Gasteiger partial charge in [0.2, 0.25) is 0 Å². The van der Waals surface area contributed by atoms with Crippen LogP contribution in [0.2, 0.25) is 0 Å². The van der Waals surface area contributed by atoms with Gasteiger partial charge in [0.15, 0.2) is 5.75 Å². The molecule has 2 heterocycles. The summed E-state index contributed by atoms with van der Waals surface area (Å²) in [5.74, 6) is 2.53. The molecule has 172 valence electrons. The maximum Gasteiger partial charge on any atom is 0.293 e. The fraction of sp³-hybridized carbons (Fsp3) is 0.542. The number of carbonyl (C=O) groups is 1. The number of rotatable bonds is 7. The second-order valence-corrected chi connectivity index (χ2v) is 8.57. The third-order valence-corrected chi connectivity index (χ3v) is 4.86. The monoisotopic (exact) mass is 449 g/mol. The van der Waals surface area contributed by atoms with E-state index < -0.39 is 0 Å². The summed E-state index contributed by atoms with van der Waals surface area (Å²) in [6.07, 6.45) is 6.52. The van der Waals surface area contributed by atoms with Gasteiger partial charge in [-0.15, -0.1) is 12.4 Å². The molecule has 0 aliphatic carbocycles. The number of aromatic nitrogens is 2. The first-order valence-electron chi connectivity index (χ1n) is 10.7. The predicted molar refractivity (Wildman–Crippen MR) is 126 cm³/mol. The molecule has 0 saturated carbocycles. The van der Waals surface area contributed by atoms with Crippen LogP contribution in [0.15, 0.2) is 36.5 Å². The summed E-state index contributed by atoms with van der Waals surface area (Å²) in [5.41, 5.74) is 1.76. The maximum absolute atomic E-state index is 9.60. The third-order valence-electron chi connectivity index (χ3n) is 4.86. The van der Waals surface area contributed by atoms with Gasteiger partial charge >= 0.3 is 0 Å². The number of nitrogens with zero attached hydrogens (tertiary/aromatic N) is 2. The van der Waals surface area contributed by atoms with Crippen molar-refractivity contribution in [2.24, 2.45) is 5.92 Å². The van der Waals surface area contributed by atoms with Gasteiger partial charge in [-0.05, 0) is 71.5 Å². The van der Waals surface area contributed by atoms with Crippen molar-refractivity contribution in [1.29, 1.82) is 0 Å². The number of benzene rings is 1. The van der Waals surface area contributed by atoms with Gasteiger partial charge in [-0.2, -0.15) is 0 Å². The minimum absolute atomic E-state index is 0. The van der Waals surface area contributed by atoms with Gasteiger partial charge in [0.1, 0.15) is 18.0 Å². The first kappa shape index (κ1) is 26.9. The van der Waals surface area contributed by atoms with E-state index >= 15 is 0 Å². The zero-order valence-corrected chi connectivity index (χ0v) is 19.9. The maximum atomic E-state index is 9.60. The normalized spacial score (nSPS) is 13.9. The largest absolute Gasteiger partial charge is 0.485 e. The van der Waals surface area contributed by atoms with E-state index in [2.05, 4.69) is 32.2 Å². The van der Waals surface area contributed by atoms with Crippen molar-refractivity contribution in [3.8, 4) is 5.75 Å². The molecule has 31 heavy (non-hydrogen) atoms. The fourth-order valence-corrected chi connectivity index (χ4v) is 3.15. The molecular formula is C24H36ClN3O3. The fourth-order valence-electron chi connectivity index (χ4n) is 3.15. The number of halogens is 1. The molecule has 0 spiro atoms. The van der Waals surface area contributed by atoms with Crippen molar-refractivity contribution in [3.05, 3.63) is 53.6 Å². The minimum Gasteiger partial charge on any atom is -0.485 e. The van der Waals surface area contributed by atoms with Crippen molar-refractivity contribution in [2.75, 3.05) is 13.1 Å². The summed E-state index contributed by atoms with van der Waals surface area (Å²) in [6.45, 7) is 10.8. The van der Waals surface area contributed by atoms with Crippen molar-refractivity contribution in [3.63, 3.8) is 0 Å². The van der Waals surface area contributed by atoms with Gasteiger partial charge in [-0.1, -0.05) is 30.3 Å². The molecule has 1 saturated heterocycles. The van der Waals surface area contributed by atoms with Crippen LogP contribution in [0.5, 0.6) is 5.75 Å². The molecule has 0 amide bonds. The Kier molecular flexibility index (Phi) is 12.1. The van der Waals surface area contributed by atoms with Crippen LogP contribution >= 0.6 is 12.4 Å². The lowest BCUT2D eigenvalue weighted by Crippen LogP contribution is -2.28. The molecule has 1 aliphatic heterocycles. The standard InChI is InChI=1S/C19H25N3O.C5H10O2.ClH/c1-15-18(23-14-17-5-3-2-4-6-17)13-21-19(22-15)8-7-16-9-11-20-12-10-16;1-5(2,3)7-4-6;/h2-6,13,16,20H,7-12,14H2,1H3;4H,1-3H3;1H. The topological polar surface area (TPSA) is 73.3 Å². The highest BCUT2D eigenvalue weighted by molar-refractivity contribution is 5.85. The number of hydrogen-bond acceptors (Lipinski definition) is 6. The molecule has 0 atom stereocenters. The van der Waals surface area contributed by atoms with Crippen LogP contribution in [0.4, 0.5) is 0 Å². The molecule has 1 aromatic heterocycles. The molecule has 6 nitrogen and oxygen atoms in total. The van der Waals surface area contributed by atoms with Gasteiger partial charge in [-0.3, -0.25) is 4.79 Å². The highest BCUT2D eigenvalue weighted by Gasteiger charge is 2.14. The van der Waals surface area contributed by atoms with Gasteiger partial charge in [0.05, 0.1) is 11.9 Å². The molecule has 3 rings (SSSR count). The molecule has 0 unspecified atom stereocenters. The van der Waals surface area contributed by atoms with E-state index in [4.69, 9.17) is 4.74 Å². The van der Waals surface area contributed by atoms with Crippen LogP contribution in [-0.2, 0) is 22.6 Å². The summed E-state index contributed by atoms with van der Waals surface area (Å²) >= 11 is 0. The van der Waals surface area contributed by atoms with Crippen molar-refractivity contribution in [2.45, 2.75) is 65.6 Å². The van der Waals surface area contributed by atoms with Gasteiger partial charge in [0.25, 0.3) is 6.47 Å². The number of aryl methyl sites for hydroxylation is 2. The number of piperidine rings is 1. The van der Waals surface area contributed by atoms with Crippen LogP contribution in [0.1, 0.15) is 57.1 Å².